The van der Waals surface area contributed by atoms with Gasteiger partial charge in [0.15, 0.2) is 0 Å². The topological polar surface area (TPSA) is 38.0 Å². The van der Waals surface area contributed by atoms with Crippen molar-refractivity contribution in [2.24, 2.45) is 5.73 Å². The van der Waals surface area contributed by atoms with Crippen molar-refractivity contribution in [1.29, 1.82) is 0 Å². The summed E-state index contributed by atoms with van der Waals surface area (Å²) < 4.78 is 0. The maximum atomic E-state index is 5.43. The van der Waals surface area contributed by atoms with Gasteiger partial charge in [0.25, 0.3) is 0 Å². The molecule has 80 valence electrons. The minimum absolute atomic E-state index is 0.478. The molecule has 1 aromatic rings. The molecule has 3 heteroatoms. The summed E-state index contributed by atoms with van der Waals surface area (Å²) in [5.74, 6) is 0. The fourth-order valence-electron chi connectivity index (χ4n) is 1.37. The Bertz CT molecular complexity index is 258. The lowest BCUT2D eigenvalue weighted by atomic mass is 10.2. The van der Waals surface area contributed by atoms with Crippen LogP contribution in [0.2, 0.25) is 0 Å². The molecule has 1 aromatic heterocycles. The smallest absolute Gasteiger partial charge is 0.0386 e. The Morgan fingerprint density at radius 3 is 2.79 bits per heavy atom. The van der Waals surface area contributed by atoms with Crippen LogP contribution in [-0.2, 0) is 0 Å². The van der Waals surface area contributed by atoms with Gasteiger partial charge >= 0.3 is 0 Å². The number of aryl methyl sites for hydroxylation is 1. The summed E-state index contributed by atoms with van der Waals surface area (Å²) in [4.78, 5) is 2.81. The minimum Gasteiger partial charge on any atom is -0.330 e. The van der Waals surface area contributed by atoms with E-state index in [4.69, 9.17) is 5.73 Å². The van der Waals surface area contributed by atoms with Gasteiger partial charge in [0.1, 0.15) is 0 Å². The Balaban J connectivity index is 2.25. The molecule has 0 aliphatic carbocycles. The Hall–Kier alpha value is -0.380. The molecule has 1 atom stereocenters. The maximum Gasteiger partial charge on any atom is 0.0386 e. The average Bonchev–Trinajstić information content (AvgIpc) is 2.59. The van der Waals surface area contributed by atoms with Crippen molar-refractivity contribution in [2.45, 2.75) is 32.7 Å². The predicted octanol–water partition coefficient (Wildman–Crippen LogP) is 2.45. The quantitative estimate of drug-likeness (QED) is 0.711. The fraction of sp³-hybridized carbons (Fsp3) is 0.636. The molecule has 1 unspecified atom stereocenters. The van der Waals surface area contributed by atoms with Crippen molar-refractivity contribution in [3.05, 3.63) is 21.9 Å². The third-order valence-electron chi connectivity index (χ3n) is 2.27. The van der Waals surface area contributed by atoms with E-state index < -0.39 is 0 Å². The number of nitrogens with two attached hydrogens (primary N) is 1. The van der Waals surface area contributed by atoms with Crippen molar-refractivity contribution in [3.8, 4) is 0 Å². The molecule has 0 spiro atoms. The molecule has 0 aromatic carbocycles. The average molecular weight is 212 g/mol. The normalized spacial score (nSPS) is 13.1. The maximum absolute atomic E-state index is 5.43. The molecule has 0 fully saturated rings. The van der Waals surface area contributed by atoms with Crippen molar-refractivity contribution >= 4 is 11.3 Å². The van der Waals surface area contributed by atoms with E-state index in [9.17, 15) is 0 Å². The number of hydrogen-bond donors (Lipinski definition) is 2. The molecule has 0 bridgehead atoms. The Kier molecular flexibility index (Phi) is 5.15. The van der Waals surface area contributed by atoms with E-state index in [-0.39, 0.29) is 0 Å². The Morgan fingerprint density at radius 1 is 1.43 bits per heavy atom. The molecule has 1 rings (SSSR count). The number of hydrogen-bond acceptors (Lipinski definition) is 3. The number of nitrogens with one attached hydrogen (secondary N) is 1. The standard InChI is InChI=1S/C11H20N2S/c1-9-5-6-11(14-9)10(2)13-8-4-3-7-12/h5-6,10,13H,3-4,7-8,12H2,1-2H3. The molecular formula is C11H20N2S. The molecule has 0 radical (unpaired) electrons. The summed E-state index contributed by atoms with van der Waals surface area (Å²) in [5.41, 5.74) is 5.43. The van der Waals surface area contributed by atoms with E-state index in [1.807, 2.05) is 11.3 Å². The largest absolute Gasteiger partial charge is 0.330 e. The molecule has 0 saturated heterocycles. The third kappa shape index (κ3) is 3.78. The highest BCUT2D eigenvalue weighted by atomic mass is 32.1. The van der Waals surface area contributed by atoms with E-state index in [0.29, 0.717) is 6.04 Å². The molecule has 0 aliphatic rings. The van der Waals surface area contributed by atoms with Crippen molar-refractivity contribution in [3.63, 3.8) is 0 Å². The van der Waals surface area contributed by atoms with E-state index >= 15 is 0 Å². The van der Waals surface area contributed by atoms with Gasteiger partial charge in [0.2, 0.25) is 0 Å². The van der Waals surface area contributed by atoms with Gasteiger partial charge in [-0.2, -0.15) is 0 Å². The second kappa shape index (κ2) is 6.17. The highest BCUT2D eigenvalue weighted by molar-refractivity contribution is 7.12. The first-order valence-electron chi connectivity index (χ1n) is 5.24. The number of thiophene rings is 1. The third-order valence-corrected chi connectivity index (χ3v) is 3.45. The van der Waals surface area contributed by atoms with Crippen LogP contribution in [0.3, 0.4) is 0 Å². The summed E-state index contributed by atoms with van der Waals surface area (Å²) in [7, 11) is 0. The van der Waals surface area contributed by atoms with Crippen molar-refractivity contribution < 1.29 is 0 Å². The van der Waals surface area contributed by atoms with Gasteiger partial charge in [0.05, 0.1) is 0 Å². The van der Waals surface area contributed by atoms with Crippen LogP contribution < -0.4 is 11.1 Å². The van der Waals surface area contributed by atoms with Gasteiger partial charge in [-0.05, 0) is 51.9 Å². The van der Waals surface area contributed by atoms with Crippen molar-refractivity contribution in [2.75, 3.05) is 13.1 Å². The fourth-order valence-corrected chi connectivity index (χ4v) is 2.28. The second-order valence-electron chi connectivity index (χ2n) is 3.62. The molecule has 14 heavy (non-hydrogen) atoms. The molecule has 2 nitrogen and oxygen atoms in total. The van der Waals surface area contributed by atoms with Crippen LogP contribution in [0, 0.1) is 6.92 Å². The first kappa shape index (κ1) is 11.7. The monoisotopic (exact) mass is 212 g/mol. The van der Waals surface area contributed by atoms with Crippen LogP contribution in [-0.4, -0.2) is 13.1 Å². The second-order valence-corrected chi connectivity index (χ2v) is 4.94. The zero-order valence-corrected chi connectivity index (χ0v) is 9.86. The lowest BCUT2D eigenvalue weighted by molar-refractivity contribution is 0.555. The first-order valence-corrected chi connectivity index (χ1v) is 6.05. The van der Waals surface area contributed by atoms with Crippen LogP contribution in [0.25, 0.3) is 0 Å². The highest BCUT2D eigenvalue weighted by Gasteiger charge is 2.05. The summed E-state index contributed by atoms with van der Waals surface area (Å²) in [6, 6.07) is 4.87. The molecule has 0 amide bonds. The van der Waals surface area contributed by atoms with Crippen LogP contribution in [0.5, 0.6) is 0 Å². The summed E-state index contributed by atoms with van der Waals surface area (Å²) in [6.45, 7) is 6.23. The van der Waals surface area contributed by atoms with Crippen LogP contribution >= 0.6 is 11.3 Å². The summed E-state index contributed by atoms with van der Waals surface area (Å²) in [6.07, 6.45) is 2.29. The zero-order chi connectivity index (χ0) is 10.4. The number of unbranched alkanes of at least 4 members (excludes halogenated alkanes) is 1. The van der Waals surface area contributed by atoms with Gasteiger partial charge < -0.3 is 11.1 Å². The van der Waals surface area contributed by atoms with E-state index in [1.165, 1.54) is 16.2 Å². The van der Waals surface area contributed by atoms with Crippen LogP contribution in [0.1, 0.15) is 35.6 Å². The van der Waals surface area contributed by atoms with Gasteiger partial charge in [0, 0.05) is 15.8 Å². The van der Waals surface area contributed by atoms with Crippen LogP contribution in [0.4, 0.5) is 0 Å². The van der Waals surface area contributed by atoms with Gasteiger partial charge in [-0.15, -0.1) is 11.3 Å². The van der Waals surface area contributed by atoms with Crippen molar-refractivity contribution in [1.82, 2.24) is 5.32 Å². The van der Waals surface area contributed by atoms with E-state index in [2.05, 4.69) is 31.3 Å². The molecule has 0 aliphatic heterocycles. The lowest BCUT2D eigenvalue weighted by Crippen LogP contribution is -2.19. The van der Waals surface area contributed by atoms with Gasteiger partial charge in [-0.1, -0.05) is 0 Å². The zero-order valence-electron chi connectivity index (χ0n) is 9.05. The van der Waals surface area contributed by atoms with E-state index in [0.717, 1.165) is 19.5 Å². The summed E-state index contributed by atoms with van der Waals surface area (Å²) >= 11 is 1.87. The number of rotatable bonds is 6. The molecule has 3 N–H and O–H groups in total. The lowest BCUT2D eigenvalue weighted by Gasteiger charge is -2.11. The first-order chi connectivity index (χ1) is 6.74. The molecular weight excluding hydrogens is 192 g/mol. The Morgan fingerprint density at radius 2 is 2.21 bits per heavy atom. The molecule has 1 heterocycles. The van der Waals surface area contributed by atoms with Crippen LogP contribution in [0.15, 0.2) is 12.1 Å². The summed E-state index contributed by atoms with van der Waals surface area (Å²) in [5, 5.41) is 3.50. The van der Waals surface area contributed by atoms with Gasteiger partial charge in [-0.3, -0.25) is 0 Å². The minimum atomic E-state index is 0.478. The van der Waals surface area contributed by atoms with Gasteiger partial charge in [-0.25, -0.2) is 0 Å². The SMILES string of the molecule is Cc1ccc(C(C)NCCCCN)s1. The molecule has 0 saturated carbocycles. The van der Waals surface area contributed by atoms with E-state index in [1.54, 1.807) is 0 Å². The highest BCUT2D eigenvalue weighted by Crippen LogP contribution is 2.21. The Labute approximate surface area is 90.5 Å². The predicted molar refractivity (Wildman–Crippen MR) is 63.8 cm³/mol.